The summed E-state index contributed by atoms with van der Waals surface area (Å²) in [7, 11) is 0. The minimum absolute atomic E-state index is 0.0667. The van der Waals surface area contributed by atoms with Gasteiger partial charge in [0.15, 0.2) is 5.82 Å². The minimum atomic E-state index is 0.0667. The van der Waals surface area contributed by atoms with Gasteiger partial charge in [-0.15, -0.1) is 10.2 Å². The van der Waals surface area contributed by atoms with Crippen molar-refractivity contribution in [3.63, 3.8) is 0 Å². The second-order valence-corrected chi connectivity index (χ2v) is 2.95. The zero-order chi connectivity index (χ0) is 9.80. The molecule has 3 N–H and O–H groups in total. The molecule has 2 aromatic heterocycles. The Morgan fingerprint density at radius 1 is 1.57 bits per heavy atom. The lowest BCUT2D eigenvalue weighted by molar-refractivity contribution is 0.540. The first-order chi connectivity index (χ1) is 6.86. The molecule has 0 radical (unpaired) electrons. The largest absolute Gasteiger partial charge is 0.302 e. The van der Waals surface area contributed by atoms with Crippen LogP contribution < -0.4 is 5.32 Å². The summed E-state index contributed by atoms with van der Waals surface area (Å²) in [5.74, 6) is 0.657. The summed E-state index contributed by atoms with van der Waals surface area (Å²) in [4.78, 5) is 0. The summed E-state index contributed by atoms with van der Waals surface area (Å²) >= 11 is 0. The highest BCUT2D eigenvalue weighted by Crippen LogP contribution is 2.04. The van der Waals surface area contributed by atoms with Crippen LogP contribution in [0.5, 0.6) is 0 Å². The molecular weight excluding hydrogens is 182 g/mol. The van der Waals surface area contributed by atoms with Gasteiger partial charge in [0.1, 0.15) is 0 Å². The lowest BCUT2D eigenvalue weighted by atomic mass is 10.3. The van der Waals surface area contributed by atoms with Gasteiger partial charge in [0.25, 0.3) is 0 Å². The zero-order valence-corrected chi connectivity index (χ0v) is 7.73. The van der Waals surface area contributed by atoms with Crippen molar-refractivity contribution < 1.29 is 0 Å². The first-order valence-electron chi connectivity index (χ1n) is 4.31. The fourth-order valence-corrected chi connectivity index (χ4v) is 1.09. The molecule has 0 saturated heterocycles. The van der Waals surface area contributed by atoms with Gasteiger partial charge in [0.2, 0.25) is 0 Å². The molecule has 0 aromatic carbocycles. The van der Waals surface area contributed by atoms with E-state index in [1.807, 2.05) is 13.0 Å². The van der Waals surface area contributed by atoms with E-state index >= 15 is 0 Å². The van der Waals surface area contributed by atoms with Crippen LogP contribution >= 0.6 is 0 Å². The van der Waals surface area contributed by atoms with Crippen molar-refractivity contribution in [3.05, 3.63) is 23.8 Å². The number of hydrogen-bond acceptors (Lipinski definition) is 5. The molecule has 0 saturated carbocycles. The van der Waals surface area contributed by atoms with Crippen molar-refractivity contribution in [2.24, 2.45) is 0 Å². The SMILES string of the molecule is CC(NCc1ccn[nH]1)c1nn[nH]n1. The van der Waals surface area contributed by atoms with Crippen molar-refractivity contribution in [1.82, 2.24) is 36.1 Å². The van der Waals surface area contributed by atoms with Crippen molar-refractivity contribution in [2.75, 3.05) is 0 Å². The second-order valence-electron chi connectivity index (χ2n) is 2.95. The standard InChI is InChI=1S/C7H11N7/c1-5(7-11-13-14-12-7)8-4-6-2-3-9-10-6/h2-3,5,8H,4H2,1H3,(H,9,10)(H,11,12,13,14). The van der Waals surface area contributed by atoms with Gasteiger partial charge < -0.3 is 5.32 Å². The predicted octanol–water partition coefficient (Wildman–Crippen LogP) is -0.226. The van der Waals surface area contributed by atoms with E-state index in [4.69, 9.17) is 0 Å². The molecule has 0 spiro atoms. The van der Waals surface area contributed by atoms with E-state index in [0.717, 1.165) is 5.69 Å². The third-order valence-corrected chi connectivity index (χ3v) is 1.91. The summed E-state index contributed by atoms with van der Waals surface area (Å²) in [6.07, 6.45) is 1.72. The summed E-state index contributed by atoms with van der Waals surface area (Å²) < 4.78 is 0. The summed E-state index contributed by atoms with van der Waals surface area (Å²) in [6.45, 7) is 2.68. The highest BCUT2D eigenvalue weighted by atomic mass is 15.5. The number of hydrogen-bond donors (Lipinski definition) is 3. The Morgan fingerprint density at radius 2 is 2.50 bits per heavy atom. The Kier molecular flexibility index (Phi) is 2.50. The molecule has 1 unspecified atom stereocenters. The molecule has 2 aromatic rings. The van der Waals surface area contributed by atoms with Crippen LogP contribution in [0.2, 0.25) is 0 Å². The number of H-pyrrole nitrogens is 2. The fraction of sp³-hybridized carbons (Fsp3) is 0.429. The predicted molar refractivity (Wildman–Crippen MR) is 48.0 cm³/mol. The molecule has 14 heavy (non-hydrogen) atoms. The Bertz CT molecular complexity index is 351. The highest BCUT2D eigenvalue weighted by Gasteiger charge is 2.08. The lowest BCUT2D eigenvalue weighted by Crippen LogP contribution is -2.19. The van der Waals surface area contributed by atoms with E-state index in [-0.39, 0.29) is 6.04 Å². The topological polar surface area (TPSA) is 95.2 Å². The van der Waals surface area contributed by atoms with Crippen molar-refractivity contribution in [3.8, 4) is 0 Å². The van der Waals surface area contributed by atoms with Gasteiger partial charge in [-0.1, -0.05) is 5.21 Å². The van der Waals surface area contributed by atoms with Gasteiger partial charge in [-0.25, -0.2) is 0 Å². The van der Waals surface area contributed by atoms with Gasteiger partial charge in [-0.05, 0) is 13.0 Å². The van der Waals surface area contributed by atoms with Gasteiger partial charge in [0.05, 0.1) is 6.04 Å². The monoisotopic (exact) mass is 193 g/mol. The number of rotatable bonds is 4. The second kappa shape index (κ2) is 3.97. The number of aromatic nitrogens is 6. The zero-order valence-electron chi connectivity index (χ0n) is 7.73. The molecule has 2 rings (SSSR count). The van der Waals surface area contributed by atoms with Crippen LogP contribution in [0.15, 0.2) is 12.3 Å². The fourth-order valence-electron chi connectivity index (χ4n) is 1.09. The van der Waals surface area contributed by atoms with Crippen LogP contribution in [0.3, 0.4) is 0 Å². The maximum atomic E-state index is 3.88. The molecular formula is C7H11N7. The maximum Gasteiger partial charge on any atom is 0.191 e. The molecule has 7 heteroatoms. The Morgan fingerprint density at radius 3 is 3.14 bits per heavy atom. The molecule has 0 amide bonds. The molecule has 0 aliphatic carbocycles. The molecule has 2 heterocycles. The van der Waals surface area contributed by atoms with Crippen LogP contribution in [-0.2, 0) is 6.54 Å². The van der Waals surface area contributed by atoms with E-state index in [0.29, 0.717) is 12.4 Å². The molecule has 0 bridgehead atoms. The first kappa shape index (κ1) is 8.82. The van der Waals surface area contributed by atoms with Crippen LogP contribution in [0, 0.1) is 0 Å². The average Bonchev–Trinajstić information content (AvgIpc) is 2.87. The van der Waals surface area contributed by atoms with Crippen LogP contribution in [0.1, 0.15) is 24.5 Å². The van der Waals surface area contributed by atoms with Crippen molar-refractivity contribution in [1.29, 1.82) is 0 Å². The molecule has 74 valence electrons. The van der Waals surface area contributed by atoms with E-state index in [9.17, 15) is 0 Å². The van der Waals surface area contributed by atoms with Gasteiger partial charge in [-0.3, -0.25) is 5.10 Å². The number of tetrazole rings is 1. The first-order valence-corrected chi connectivity index (χ1v) is 4.31. The average molecular weight is 193 g/mol. The Labute approximate surface area is 80.3 Å². The minimum Gasteiger partial charge on any atom is -0.302 e. The number of nitrogens with zero attached hydrogens (tertiary/aromatic N) is 4. The van der Waals surface area contributed by atoms with Crippen molar-refractivity contribution >= 4 is 0 Å². The summed E-state index contributed by atoms with van der Waals surface area (Å²) in [5, 5.41) is 23.6. The van der Waals surface area contributed by atoms with E-state index in [1.54, 1.807) is 6.20 Å². The quantitative estimate of drug-likeness (QED) is 0.623. The third-order valence-electron chi connectivity index (χ3n) is 1.91. The van der Waals surface area contributed by atoms with Crippen LogP contribution in [-0.4, -0.2) is 30.8 Å². The van der Waals surface area contributed by atoms with Gasteiger partial charge in [-0.2, -0.15) is 10.3 Å². The molecule has 1 atom stereocenters. The van der Waals surface area contributed by atoms with Crippen molar-refractivity contribution in [2.45, 2.75) is 19.5 Å². The van der Waals surface area contributed by atoms with E-state index in [1.165, 1.54) is 0 Å². The van der Waals surface area contributed by atoms with E-state index in [2.05, 4.69) is 36.1 Å². The van der Waals surface area contributed by atoms with Crippen LogP contribution in [0.25, 0.3) is 0 Å². The van der Waals surface area contributed by atoms with E-state index < -0.39 is 0 Å². The Hall–Kier alpha value is -1.76. The maximum absolute atomic E-state index is 3.88. The van der Waals surface area contributed by atoms with Gasteiger partial charge in [0, 0.05) is 18.4 Å². The molecule has 0 aliphatic heterocycles. The molecule has 0 aliphatic rings. The summed E-state index contributed by atoms with van der Waals surface area (Å²) in [5.41, 5.74) is 1.03. The highest BCUT2D eigenvalue weighted by molar-refractivity contribution is 4.98. The number of nitrogens with one attached hydrogen (secondary N) is 3. The Balaban J connectivity index is 1.87. The molecule has 0 fully saturated rings. The van der Waals surface area contributed by atoms with Crippen LogP contribution in [0.4, 0.5) is 0 Å². The molecule has 7 nitrogen and oxygen atoms in total. The lowest BCUT2D eigenvalue weighted by Gasteiger charge is -2.07. The number of aromatic amines is 2. The normalized spacial score (nSPS) is 12.9. The van der Waals surface area contributed by atoms with Gasteiger partial charge >= 0.3 is 0 Å². The summed E-state index contributed by atoms with van der Waals surface area (Å²) in [6, 6.07) is 1.98. The smallest absolute Gasteiger partial charge is 0.191 e. The third kappa shape index (κ3) is 1.94.